The van der Waals surface area contributed by atoms with Crippen LogP contribution >= 0.6 is 23.5 Å². The molecule has 0 aromatic rings. The van der Waals surface area contributed by atoms with Crippen LogP contribution in [0.25, 0.3) is 0 Å². The molecule has 0 radical (unpaired) electrons. The van der Waals surface area contributed by atoms with E-state index in [-0.39, 0.29) is 28.6 Å². The highest BCUT2D eigenvalue weighted by Crippen LogP contribution is 2.39. The van der Waals surface area contributed by atoms with Gasteiger partial charge in [0.25, 0.3) is 0 Å². The van der Waals surface area contributed by atoms with Crippen LogP contribution in [-0.4, -0.2) is 82.0 Å². The van der Waals surface area contributed by atoms with E-state index in [1.165, 1.54) is 0 Å². The fourth-order valence-electron chi connectivity index (χ4n) is 3.19. The molecule has 3 N–H and O–H groups in total. The molecule has 2 amide bonds. The predicted molar refractivity (Wildman–Crippen MR) is 95.4 cm³/mol. The lowest BCUT2D eigenvalue weighted by molar-refractivity contribution is -0.139. The number of thioether (sulfide) groups is 2. The van der Waals surface area contributed by atoms with Crippen LogP contribution in [0.4, 0.5) is 0 Å². The van der Waals surface area contributed by atoms with Gasteiger partial charge in [-0.2, -0.15) is 11.8 Å². The second-order valence-electron chi connectivity index (χ2n) is 6.90. The molecule has 3 rings (SSSR count). The number of rotatable bonds is 3. The van der Waals surface area contributed by atoms with E-state index in [2.05, 4.69) is 5.32 Å². The van der Waals surface area contributed by atoms with Crippen LogP contribution in [0.3, 0.4) is 0 Å². The van der Waals surface area contributed by atoms with Crippen molar-refractivity contribution in [2.45, 2.75) is 30.8 Å². The van der Waals surface area contributed by atoms with Gasteiger partial charge in [-0.3, -0.25) is 14.9 Å². The lowest BCUT2D eigenvalue weighted by atomic mass is 10.00. The Balaban J connectivity index is 1.51. The van der Waals surface area contributed by atoms with Gasteiger partial charge in [-0.25, -0.2) is 0 Å². The van der Waals surface area contributed by atoms with E-state index in [0.29, 0.717) is 13.1 Å². The van der Waals surface area contributed by atoms with Crippen molar-refractivity contribution in [3.63, 3.8) is 0 Å². The first kappa shape index (κ1) is 17.4. The Bertz CT molecular complexity index is 476. The van der Waals surface area contributed by atoms with Crippen molar-refractivity contribution in [2.24, 2.45) is 11.7 Å². The number of hydrogen-bond donors (Lipinski definition) is 2. The summed E-state index contributed by atoms with van der Waals surface area (Å²) in [5.74, 6) is 3.25. The van der Waals surface area contributed by atoms with Gasteiger partial charge >= 0.3 is 0 Å². The summed E-state index contributed by atoms with van der Waals surface area (Å²) >= 11 is 3.68. The number of nitrogens with zero attached hydrogens (tertiary/aromatic N) is 2. The minimum Gasteiger partial charge on any atom is -0.340 e. The van der Waals surface area contributed by atoms with Gasteiger partial charge in [-0.1, -0.05) is 13.8 Å². The molecule has 0 unspecified atom stereocenters. The smallest absolute Gasteiger partial charge is 0.240 e. The average Bonchev–Trinajstić information content (AvgIpc) is 2.97. The van der Waals surface area contributed by atoms with E-state index in [9.17, 15) is 9.59 Å². The maximum absolute atomic E-state index is 12.6. The van der Waals surface area contributed by atoms with Crippen molar-refractivity contribution in [1.29, 1.82) is 0 Å². The maximum atomic E-state index is 12.6. The molecule has 8 heteroatoms. The molecule has 0 aromatic carbocycles. The minimum absolute atomic E-state index is 0.0239. The van der Waals surface area contributed by atoms with E-state index in [1.807, 2.05) is 35.4 Å². The Morgan fingerprint density at radius 1 is 1.22 bits per heavy atom. The number of amides is 2. The summed E-state index contributed by atoms with van der Waals surface area (Å²) in [5, 5.41) is 3.48. The zero-order valence-corrected chi connectivity index (χ0v) is 15.4. The van der Waals surface area contributed by atoms with Crippen molar-refractivity contribution in [3.8, 4) is 0 Å². The van der Waals surface area contributed by atoms with Gasteiger partial charge in [-0.15, -0.1) is 11.8 Å². The van der Waals surface area contributed by atoms with Crippen molar-refractivity contribution in [1.82, 2.24) is 15.1 Å². The number of carbonyl (C=O) groups is 2. The first-order valence-corrected chi connectivity index (χ1v) is 10.4. The summed E-state index contributed by atoms with van der Waals surface area (Å²) in [5.41, 5.74) is 5.95. The molecule has 3 saturated heterocycles. The van der Waals surface area contributed by atoms with Crippen LogP contribution in [0.1, 0.15) is 13.8 Å². The lowest BCUT2D eigenvalue weighted by Crippen LogP contribution is -2.70. The van der Waals surface area contributed by atoms with Crippen LogP contribution in [0.2, 0.25) is 0 Å². The molecule has 130 valence electrons. The quantitative estimate of drug-likeness (QED) is 0.727. The molecule has 0 bridgehead atoms. The normalized spacial score (nSPS) is 28.1. The number of carbonyl (C=O) groups excluding carboxylic acids is 2. The SMILES string of the molecule is CC(C)[C@H](N)C(=O)N1CC2(C1)N[C@H](C(=O)N1CCSCC1)CS2. The van der Waals surface area contributed by atoms with Crippen molar-refractivity contribution in [2.75, 3.05) is 43.4 Å². The third kappa shape index (κ3) is 3.50. The maximum Gasteiger partial charge on any atom is 0.240 e. The number of hydrogen-bond acceptors (Lipinski definition) is 6. The van der Waals surface area contributed by atoms with Gasteiger partial charge in [0.2, 0.25) is 11.8 Å². The summed E-state index contributed by atoms with van der Waals surface area (Å²) in [4.78, 5) is 28.5. The van der Waals surface area contributed by atoms with Gasteiger partial charge in [0.05, 0.1) is 25.2 Å². The van der Waals surface area contributed by atoms with E-state index in [1.54, 1.807) is 11.8 Å². The van der Waals surface area contributed by atoms with Gasteiger partial charge in [0, 0.05) is 30.3 Å². The second kappa shape index (κ2) is 6.82. The number of nitrogens with one attached hydrogen (secondary N) is 1. The molecular weight excluding hydrogens is 332 g/mol. The molecule has 3 aliphatic rings. The third-order valence-corrected chi connectivity index (χ3v) is 7.16. The molecule has 23 heavy (non-hydrogen) atoms. The topological polar surface area (TPSA) is 78.7 Å². The van der Waals surface area contributed by atoms with Crippen LogP contribution < -0.4 is 11.1 Å². The molecule has 1 spiro atoms. The average molecular weight is 359 g/mol. The monoisotopic (exact) mass is 358 g/mol. The Morgan fingerprint density at radius 3 is 2.48 bits per heavy atom. The molecule has 3 heterocycles. The minimum atomic E-state index is -0.429. The van der Waals surface area contributed by atoms with E-state index < -0.39 is 6.04 Å². The molecule has 3 aliphatic heterocycles. The lowest BCUT2D eigenvalue weighted by Gasteiger charge is -2.48. The predicted octanol–water partition coefficient (Wildman–Crippen LogP) is -0.211. The highest BCUT2D eigenvalue weighted by Gasteiger charge is 2.52. The largest absolute Gasteiger partial charge is 0.340 e. The van der Waals surface area contributed by atoms with Crippen molar-refractivity contribution < 1.29 is 9.59 Å². The van der Waals surface area contributed by atoms with E-state index in [4.69, 9.17) is 5.73 Å². The molecule has 3 fully saturated rings. The van der Waals surface area contributed by atoms with Crippen LogP contribution in [0.5, 0.6) is 0 Å². The Morgan fingerprint density at radius 2 is 1.87 bits per heavy atom. The van der Waals surface area contributed by atoms with Crippen molar-refractivity contribution in [3.05, 3.63) is 0 Å². The standard InChI is InChI=1S/C15H26N4O2S2/c1-10(2)12(16)14(21)19-8-15(9-19)17-11(7-23-15)13(20)18-3-5-22-6-4-18/h10-12,17H,3-9,16H2,1-2H3/t11-,12-/m0/s1. The number of likely N-dealkylation sites (tertiary alicyclic amines) is 1. The highest BCUT2D eigenvalue weighted by molar-refractivity contribution is 8.01. The number of nitrogens with two attached hydrogens (primary N) is 1. The fraction of sp³-hybridized carbons (Fsp3) is 0.867. The first-order chi connectivity index (χ1) is 10.9. The molecule has 0 saturated carbocycles. The van der Waals surface area contributed by atoms with Crippen molar-refractivity contribution >= 4 is 35.3 Å². The van der Waals surface area contributed by atoms with Gasteiger partial charge in [0.1, 0.15) is 4.87 Å². The third-order valence-electron chi connectivity index (χ3n) is 4.79. The zero-order valence-electron chi connectivity index (χ0n) is 13.8. The summed E-state index contributed by atoms with van der Waals surface area (Å²) in [6, 6.07) is -0.541. The van der Waals surface area contributed by atoms with Crippen LogP contribution in [0.15, 0.2) is 0 Å². The molecule has 6 nitrogen and oxygen atoms in total. The molecular formula is C15H26N4O2S2. The van der Waals surface area contributed by atoms with Gasteiger partial charge in [-0.05, 0) is 5.92 Å². The Hall–Kier alpha value is -0.440. The van der Waals surface area contributed by atoms with E-state index in [0.717, 1.165) is 30.3 Å². The van der Waals surface area contributed by atoms with E-state index >= 15 is 0 Å². The van der Waals surface area contributed by atoms with Crippen LogP contribution in [-0.2, 0) is 9.59 Å². The Kier molecular flexibility index (Phi) is 5.15. The van der Waals surface area contributed by atoms with Crippen LogP contribution in [0, 0.1) is 5.92 Å². The molecule has 2 atom stereocenters. The molecule has 0 aromatic heterocycles. The second-order valence-corrected chi connectivity index (χ2v) is 9.53. The van der Waals surface area contributed by atoms with Gasteiger partial charge < -0.3 is 15.5 Å². The Labute approximate surface area is 146 Å². The fourth-order valence-corrected chi connectivity index (χ4v) is 5.52. The van der Waals surface area contributed by atoms with Gasteiger partial charge in [0.15, 0.2) is 0 Å². The summed E-state index contributed by atoms with van der Waals surface area (Å²) < 4.78 is 0. The summed E-state index contributed by atoms with van der Waals surface area (Å²) in [7, 11) is 0. The summed E-state index contributed by atoms with van der Waals surface area (Å²) in [6.45, 7) is 6.94. The molecule has 0 aliphatic carbocycles. The highest BCUT2D eigenvalue weighted by atomic mass is 32.2. The summed E-state index contributed by atoms with van der Waals surface area (Å²) in [6.07, 6.45) is 0. The first-order valence-electron chi connectivity index (χ1n) is 8.24. The zero-order chi connectivity index (χ0) is 16.6.